The van der Waals surface area contributed by atoms with Crippen LogP contribution in [-0.4, -0.2) is 115 Å². The minimum absolute atomic E-state index is 0.00796. The minimum Gasteiger partial charge on any atom is -0.489 e. The number of ether oxygens (including phenoxy) is 7. The van der Waals surface area contributed by atoms with Crippen molar-refractivity contribution in [2.45, 2.75) is 141 Å². The summed E-state index contributed by atoms with van der Waals surface area (Å²) in [5, 5.41) is 16.2. The Morgan fingerprint density at radius 1 is 0.931 bits per heavy atom. The molecule has 58 heavy (non-hydrogen) atoms. The predicted octanol–water partition coefficient (Wildman–Crippen LogP) is 5.98. The van der Waals surface area contributed by atoms with Crippen LogP contribution in [0, 0.1) is 23.7 Å². The summed E-state index contributed by atoms with van der Waals surface area (Å²) in [6.07, 6.45) is -3.66. The fourth-order valence-electron chi connectivity index (χ4n) is 9.43. The molecule has 13 nitrogen and oxygen atoms in total. The van der Waals surface area contributed by atoms with E-state index in [4.69, 9.17) is 38.0 Å². The number of carbonyl (C=O) groups excluding carboxylic acids is 2. The lowest BCUT2D eigenvalue weighted by molar-refractivity contribution is -0.302. The zero-order valence-electron chi connectivity index (χ0n) is 35.8. The number of aliphatic hydroxyl groups is 1. The number of hydrogen-bond acceptors (Lipinski definition) is 13. The molecule has 4 fully saturated rings. The number of fused-ring (bicyclic) bond motifs is 5. The Hall–Kier alpha value is -3.43. The first-order valence-corrected chi connectivity index (χ1v) is 20.9. The maximum atomic E-state index is 14.3. The summed E-state index contributed by atoms with van der Waals surface area (Å²) in [7, 11) is 3.86. The molecular weight excluding hydrogens is 744 g/mol. The molecule has 13 heteroatoms. The van der Waals surface area contributed by atoms with Gasteiger partial charge in [0.15, 0.2) is 23.4 Å². The van der Waals surface area contributed by atoms with Gasteiger partial charge in [-0.05, 0) is 84.7 Å². The number of benzene rings is 2. The molecule has 0 aliphatic carbocycles. The van der Waals surface area contributed by atoms with E-state index in [-0.39, 0.29) is 37.1 Å². The van der Waals surface area contributed by atoms with Crippen LogP contribution in [0.1, 0.15) is 80.2 Å². The predicted molar refractivity (Wildman–Crippen MR) is 216 cm³/mol. The second-order valence-corrected chi connectivity index (χ2v) is 17.5. The van der Waals surface area contributed by atoms with Gasteiger partial charge in [0.25, 0.3) is 0 Å². The van der Waals surface area contributed by atoms with Crippen LogP contribution in [0.2, 0.25) is 0 Å². The largest absolute Gasteiger partial charge is 0.489 e. The van der Waals surface area contributed by atoms with Gasteiger partial charge < -0.3 is 48.0 Å². The first-order valence-electron chi connectivity index (χ1n) is 20.9. The molecule has 2 aromatic rings. The van der Waals surface area contributed by atoms with Crippen LogP contribution in [0.15, 0.2) is 59.8 Å². The van der Waals surface area contributed by atoms with Gasteiger partial charge >= 0.3 is 5.97 Å². The van der Waals surface area contributed by atoms with Crippen LogP contribution in [0.25, 0.3) is 0 Å². The Labute approximate surface area is 343 Å². The molecule has 6 rings (SSSR count). The number of Topliss-reactive ketones (excluding diaryl/α,β-unsaturated/α-hetero) is 1. The number of hydrogen-bond donors (Lipinski definition) is 1. The first kappa shape index (κ1) is 44.1. The first-order chi connectivity index (χ1) is 27.5. The summed E-state index contributed by atoms with van der Waals surface area (Å²) < 4.78 is 45.9. The Kier molecular flexibility index (Phi) is 14.0. The van der Waals surface area contributed by atoms with E-state index < -0.39 is 71.7 Å². The van der Waals surface area contributed by atoms with Crippen LogP contribution < -0.4 is 9.57 Å². The minimum atomic E-state index is -1.32. The molecule has 0 radical (unpaired) electrons. The van der Waals surface area contributed by atoms with Crippen molar-refractivity contribution in [3.63, 3.8) is 0 Å². The molecule has 14 atom stereocenters. The van der Waals surface area contributed by atoms with Crippen LogP contribution in [0.3, 0.4) is 0 Å². The number of carbonyl (C=O) groups is 2. The van der Waals surface area contributed by atoms with E-state index >= 15 is 0 Å². The van der Waals surface area contributed by atoms with Crippen molar-refractivity contribution < 1.29 is 52.7 Å². The van der Waals surface area contributed by atoms with E-state index in [0.717, 1.165) is 5.56 Å². The highest BCUT2D eigenvalue weighted by atomic mass is 16.7. The van der Waals surface area contributed by atoms with Crippen LogP contribution in [0.5, 0.6) is 11.5 Å². The van der Waals surface area contributed by atoms with Gasteiger partial charge in [-0.2, -0.15) is 0 Å². The van der Waals surface area contributed by atoms with Gasteiger partial charge in [0.2, 0.25) is 0 Å². The second-order valence-electron chi connectivity index (χ2n) is 17.5. The van der Waals surface area contributed by atoms with Gasteiger partial charge in [0.05, 0.1) is 49.1 Å². The van der Waals surface area contributed by atoms with Gasteiger partial charge in [0.1, 0.15) is 30.3 Å². The molecule has 0 spiro atoms. The fourth-order valence-corrected chi connectivity index (χ4v) is 9.43. The molecule has 4 heterocycles. The van der Waals surface area contributed by atoms with E-state index in [9.17, 15) is 14.7 Å². The van der Waals surface area contributed by atoms with E-state index in [1.54, 1.807) is 26.0 Å². The number of esters is 1. The summed E-state index contributed by atoms with van der Waals surface area (Å²) in [4.78, 5) is 36.2. The highest BCUT2D eigenvalue weighted by Gasteiger charge is 2.58. The lowest BCUT2D eigenvalue weighted by atomic mass is 9.75. The monoisotopic (exact) mass is 808 g/mol. The topological polar surface area (TPSA) is 144 Å². The normalized spacial score (nSPS) is 39.5. The highest BCUT2D eigenvalue weighted by molar-refractivity contribution is 5.92. The number of oxime groups is 1. The smallest absolute Gasteiger partial charge is 0.311 e. The lowest BCUT2D eigenvalue weighted by Gasteiger charge is -2.48. The van der Waals surface area contributed by atoms with E-state index in [2.05, 4.69) is 5.16 Å². The summed E-state index contributed by atoms with van der Waals surface area (Å²) in [5.74, 6) is -1.57. The maximum Gasteiger partial charge on any atom is 0.311 e. The fraction of sp³-hybridized carbons (Fsp3) is 0.667. The SMILES string of the molecule is CC[C@H]1OC(=O)[C@H](C)[C@H]2OC/C(=N\Oc3cccc(OCc4ccccc4)c3)CO[C@@](C)(C[C@@H](C)C3OC1(C)C(=O)C3C)[C@H](O[C@@H]1O[C@H](C)C[C@H](N(C)C)[C@H]1O)[C@@H]2C. The summed E-state index contributed by atoms with van der Waals surface area (Å²) in [6, 6.07) is 16.9. The molecule has 1 N–H and O–H groups in total. The standard InChI is InChI=1S/C45H64N2O11/c1-11-36-45(8)40(49)28(4)38(57-45)26(2)22-44(7)41(56-43-37(48)35(47(9)10)20-27(3)54-43)29(5)39(30(6)42(50)55-36)52-24-32(25-53-44)46-58-34-19-15-18-33(21-34)51-23-31-16-13-12-14-17-31/h12-19,21,26-30,35-39,41,43,48H,11,20,22-25H2,1-10H3/b46-32+/t26-,27-,28?,29-,30-,35+,36-,37-,38?,39+,41-,43+,44+,45?/m1/s1. The van der Waals surface area contributed by atoms with Crippen molar-refractivity contribution in [1.29, 1.82) is 0 Å². The lowest BCUT2D eigenvalue weighted by Crippen LogP contribution is -2.59. The molecule has 4 aliphatic rings. The van der Waals surface area contributed by atoms with Crippen molar-refractivity contribution in [2.24, 2.45) is 28.8 Å². The Morgan fingerprint density at radius 3 is 2.36 bits per heavy atom. The van der Waals surface area contributed by atoms with Crippen molar-refractivity contribution in [3.8, 4) is 11.5 Å². The van der Waals surface area contributed by atoms with Crippen molar-refractivity contribution in [1.82, 2.24) is 4.90 Å². The number of nitrogens with zero attached hydrogens (tertiary/aromatic N) is 2. The molecule has 0 saturated carbocycles. The average molecular weight is 809 g/mol. The van der Waals surface area contributed by atoms with Crippen molar-refractivity contribution in [3.05, 3.63) is 60.2 Å². The van der Waals surface area contributed by atoms with Gasteiger partial charge in [-0.15, -0.1) is 0 Å². The third kappa shape index (κ3) is 9.46. The Bertz CT molecular complexity index is 1740. The quantitative estimate of drug-likeness (QED) is 0.235. The molecule has 2 aromatic carbocycles. The zero-order chi connectivity index (χ0) is 41.9. The number of aliphatic hydroxyl groups excluding tert-OH is 1. The van der Waals surface area contributed by atoms with E-state index in [0.29, 0.717) is 43.1 Å². The molecular formula is C45H64N2O11. The molecule has 0 amide bonds. The van der Waals surface area contributed by atoms with Gasteiger partial charge in [-0.3, -0.25) is 9.59 Å². The second kappa shape index (κ2) is 18.5. The molecule has 0 aromatic heterocycles. The Morgan fingerprint density at radius 2 is 1.66 bits per heavy atom. The number of ketones is 1. The van der Waals surface area contributed by atoms with Crippen LogP contribution in [0.4, 0.5) is 0 Å². The Balaban J connectivity index is 1.37. The van der Waals surface area contributed by atoms with Crippen molar-refractivity contribution >= 4 is 17.5 Å². The van der Waals surface area contributed by atoms with E-state index in [1.165, 1.54) is 0 Å². The third-order valence-corrected chi connectivity index (χ3v) is 12.7. The molecule has 320 valence electrons. The highest BCUT2D eigenvalue weighted by Crippen LogP contribution is 2.45. The van der Waals surface area contributed by atoms with Gasteiger partial charge in [-0.1, -0.05) is 69.2 Å². The van der Waals surface area contributed by atoms with E-state index in [1.807, 2.05) is 103 Å². The summed E-state index contributed by atoms with van der Waals surface area (Å²) in [6.45, 7) is 15.6. The zero-order valence-corrected chi connectivity index (χ0v) is 35.8. The number of likely N-dealkylation sites (N-methyl/N-ethyl adjacent to an activating group) is 1. The summed E-state index contributed by atoms with van der Waals surface area (Å²) in [5.41, 5.74) is -0.949. The van der Waals surface area contributed by atoms with Gasteiger partial charge in [-0.25, -0.2) is 0 Å². The maximum absolute atomic E-state index is 14.3. The number of rotatable bonds is 9. The molecule has 4 saturated heterocycles. The molecule has 4 aliphatic heterocycles. The van der Waals surface area contributed by atoms with Crippen molar-refractivity contribution in [2.75, 3.05) is 27.3 Å². The summed E-state index contributed by atoms with van der Waals surface area (Å²) >= 11 is 0. The molecule has 4 bridgehead atoms. The van der Waals surface area contributed by atoms with Crippen LogP contribution >= 0.6 is 0 Å². The van der Waals surface area contributed by atoms with Crippen LogP contribution in [-0.2, 0) is 44.6 Å². The number of cyclic esters (lactones) is 1. The third-order valence-electron chi connectivity index (χ3n) is 12.7. The van der Waals surface area contributed by atoms with Gasteiger partial charge in [0, 0.05) is 23.9 Å². The molecule has 3 unspecified atom stereocenters. The average Bonchev–Trinajstić information content (AvgIpc) is 3.46.